The molecule has 5 heteroatoms. The van der Waals surface area contributed by atoms with Crippen LogP contribution in [0.15, 0.2) is 5.16 Å². The number of ether oxygens (including phenoxy) is 1. The van der Waals surface area contributed by atoms with Crippen molar-refractivity contribution in [3.63, 3.8) is 0 Å². The van der Waals surface area contributed by atoms with Gasteiger partial charge in [-0.05, 0) is 19.8 Å². The van der Waals surface area contributed by atoms with Crippen LogP contribution in [0.4, 0.5) is 0 Å². The van der Waals surface area contributed by atoms with Gasteiger partial charge in [0.05, 0.1) is 5.60 Å². The van der Waals surface area contributed by atoms with Crippen LogP contribution in [-0.4, -0.2) is 41.9 Å². The summed E-state index contributed by atoms with van der Waals surface area (Å²) in [6.07, 6.45) is 2.01. The van der Waals surface area contributed by atoms with Gasteiger partial charge >= 0.3 is 0 Å². The molecule has 0 aromatic rings. The third-order valence-electron chi connectivity index (χ3n) is 2.58. The van der Waals surface area contributed by atoms with Crippen molar-refractivity contribution in [1.29, 1.82) is 0 Å². The second kappa shape index (κ2) is 3.83. The Kier molecular flexibility index (Phi) is 2.98. The normalized spacial score (nSPS) is 30.6. The van der Waals surface area contributed by atoms with Gasteiger partial charge in [-0.3, -0.25) is 0 Å². The maximum atomic E-state index is 8.51. The van der Waals surface area contributed by atoms with Gasteiger partial charge in [0.15, 0.2) is 0 Å². The van der Waals surface area contributed by atoms with Crippen LogP contribution in [0.3, 0.4) is 0 Å². The van der Waals surface area contributed by atoms with Crippen LogP contribution in [0.25, 0.3) is 0 Å². The van der Waals surface area contributed by atoms with E-state index >= 15 is 0 Å². The van der Waals surface area contributed by atoms with Crippen molar-refractivity contribution in [2.75, 3.05) is 20.2 Å². The zero-order chi connectivity index (χ0) is 9.90. The van der Waals surface area contributed by atoms with Crippen LogP contribution in [0.2, 0.25) is 0 Å². The Morgan fingerprint density at radius 3 is 2.92 bits per heavy atom. The molecular weight excluding hydrogens is 170 g/mol. The van der Waals surface area contributed by atoms with Crippen molar-refractivity contribution >= 4 is 5.96 Å². The minimum Gasteiger partial charge on any atom is -0.408 e. The monoisotopic (exact) mass is 187 g/mol. The Labute approximate surface area is 78.1 Å². The van der Waals surface area contributed by atoms with E-state index in [2.05, 4.69) is 5.16 Å². The van der Waals surface area contributed by atoms with E-state index in [0.29, 0.717) is 6.54 Å². The molecule has 0 radical (unpaired) electrons. The van der Waals surface area contributed by atoms with Crippen LogP contribution < -0.4 is 5.73 Å². The van der Waals surface area contributed by atoms with Gasteiger partial charge in [-0.1, -0.05) is 5.16 Å². The maximum Gasteiger partial charge on any atom is 0.233 e. The first-order valence-electron chi connectivity index (χ1n) is 4.39. The number of nitrogens with zero attached hydrogens (tertiary/aromatic N) is 2. The fourth-order valence-corrected chi connectivity index (χ4v) is 1.63. The summed E-state index contributed by atoms with van der Waals surface area (Å²) in [4.78, 5) is 1.83. The Morgan fingerprint density at radius 2 is 2.38 bits per heavy atom. The smallest absolute Gasteiger partial charge is 0.233 e. The zero-order valence-corrected chi connectivity index (χ0v) is 8.16. The zero-order valence-electron chi connectivity index (χ0n) is 8.16. The third-order valence-corrected chi connectivity index (χ3v) is 2.58. The molecule has 0 spiro atoms. The molecule has 76 valence electrons. The van der Waals surface area contributed by atoms with Gasteiger partial charge in [-0.2, -0.15) is 0 Å². The standard InChI is InChI=1S/C8H17N3O2/c1-8(13-2)4-3-5-11(6-8)7(9)10-12/h12H,3-6H2,1-2H3,(H2,9,10). The molecule has 1 aliphatic rings. The van der Waals surface area contributed by atoms with E-state index in [9.17, 15) is 0 Å². The molecule has 13 heavy (non-hydrogen) atoms. The van der Waals surface area contributed by atoms with Crippen molar-refractivity contribution in [3.8, 4) is 0 Å². The van der Waals surface area contributed by atoms with Gasteiger partial charge in [0, 0.05) is 20.2 Å². The lowest BCUT2D eigenvalue weighted by atomic mass is 9.95. The van der Waals surface area contributed by atoms with E-state index in [0.717, 1.165) is 19.4 Å². The summed E-state index contributed by atoms with van der Waals surface area (Å²) in [7, 11) is 1.69. The van der Waals surface area contributed by atoms with Gasteiger partial charge in [-0.25, -0.2) is 0 Å². The van der Waals surface area contributed by atoms with Crippen molar-refractivity contribution in [3.05, 3.63) is 0 Å². The van der Waals surface area contributed by atoms with Gasteiger partial charge < -0.3 is 20.6 Å². The highest BCUT2D eigenvalue weighted by molar-refractivity contribution is 5.77. The minimum atomic E-state index is -0.173. The Hall–Kier alpha value is -0.970. The summed E-state index contributed by atoms with van der Waals surface area (Å²) in [5, 5.41) is 11.5. The average Bonchev–Trinajstić information content (AvgIpc) is 2.17. The molecule has 0 saturated carbocycles. The average molecular weight is 187 g/mol. The number of likely N-dealkylation sites (tertiary alicyclic amines) is 1. The first-order chi connectivity index (χ1) is 6.11. The van der Waals surface area contributed by atoms with Gasteiger partial charge in [0.1, 0.15) is 0 Å². The van der Waals surface area contributed by atoms with Gasteiger partial charge in [-0.15, -0.1) is 0 Å². The SMILES string of the molecule is COC1(C)CCCN(C(N)=NO)C1. The summed E-state index contributed by atoms with van der Waals surface area (Å²) in [5.41, 5.74) is 5.32. The second-order valence-electron chi connectivity index (χ2n) is 3.64. The van der Waals surface area contributed by atoms with Crippen LogP contribution in [0.5, 0.6) is 0 Å². The van der Waals surface area contributed by atoms with Gasteiger partial charge in [0.2, 0.25) is 5.96 Å². The number of methoxy groups -OCH3 is 1. The van der Waals surface area contributed by atoms with Crippen LogP contribution >= 0.6 is 0 Å². The molecule has 0 bridgehead atoms. The second-order valence-corrected chi connectivity index (χ2v) is 3.64. The van der Waals surface area contributed by atoms with E-state index in [-0.39, 0.29) is 11.6 Å². The summed E-state index contributed by atoms with van der Waals surface area (Å²) in [5.74, 6) is 0.169. The molecule has 1 unspecified atom stereocenters. The lowest BCUT2D eigenvalue weighted by molar-refractivity contribution is -0.0356. The number of guanidine groups is 1. The highest BCUT2D eigenvalue weighted by Gasteiger charge is 2.31. The molecule has 1 saturated heterocycles. The minimum absolute atomic E-state index is 0.169. The van der Waals surface area contributed by atoms with Crippen molar-refractivity contribution in [2.45, 2.75) is 25.4 Å². The molecule has 1 heterocycles. The first kappa shape index (κ1) is 10.1. The molecule has 1 rings (SSSR count). The molecule has 0 aliphatic carbocycles. The summed E-state index contributed by atoms with van der Waals surface area (Å²) >= 11 is 0. The lowest BCUT2D eigenvalue weighted by Gasteiger charge is -2.39. The summed E-state index contributed by atoms with van der Waals surface area (Å²) < 4.78 is 5.37. The van der Waals surface area contributed by atoms with Crippen LogP contribution in [-0.2, 0) is 4.74 Å². The number of hydrogen-bond acceptors (Lipinski definition) is 3. The number of piperidine rings is 1. The molecule has 3 N–H and O–H groups in total. The van der Waals surface area contributed by atoms with Crippen LogP contribution in [0, 0.1) is 0 Å². The third kappa shape index (κ3) is 2.24. The highest BCUT2D eigenvalue weighted by atomic mass is 16.5. The molecule has 1 fully saturated rings. The topological polar surface area (TPSA) is 71.1 Å². The number of oxime groups is 1. The molecule has 1 atom stereocenters. The van der Waals surface area contributed by atoms with E-state index in [4.69, 9.17) is 15.7 Å². The van der Waals surface area contributed by atoms with E-state index < -0.39 is 0 Å². The fraction of sp³-hybridized carbons (Fsp3) is 0.875. The molecular formula is C8H17N3O2. The largest absolute Gasteiger partial charge is 0.408 e. The van der Waals surface area contributed by atoms with Gasteiger partial charge in [0.25, 0.3) is 0 Å². The summed E-state index contributed by atoms with van der Waals surface area (Å²) in [6, 6.07) is 0. The van der Waals surface area contributed by atoms with E-state index in [1.807, 2.05) is 11.8 Å². The fourth-order valence-electron chi connectivity index (χ4n) is 1.63. The van der Waals surface area contributed by atoms with E-state index in [1.54, 1.807) is 7.11 Å². The Morgan fingerprint density at radius 1 is 1.69 bits per heavy atom. The highest BCUT2D eigenvalue weighted by Crippen LogP contribution is 2.23. The van der Waals surface area contributed by atoms with Crippen molar-refractivity contribution < 1.29 is 9.94 Å². The predicted molar refractivity (Wildman–Crippen MR) is 49.6 cm³/mol. The summed E-state index contributed by atoms with van der Waals surface area (Å²) in [6.45, 7) is 3.54. The number of nitrogens with two attached hydrogens (primary N) is 1. The molecule has 0 aromatic carbocycles. The molecule has 0 amide bonds. The van der Waals surface area contributed by atoms with Crippen molar-refractivity contribution in [2.24, 2.45) is 10.9 Å². The number of rotatable bonds is 1. The molecule has 5 nitrogen and oxygen atoms in total. The number of hydrogen-bond donors (Lipinski definition) is 2. The first-order valence-corrected chi connectivity index (χ1v) is 4.39. The predicted octanol–water partition coefficient (Wildman–Crippen LogP) is 0.191. The van der Waals surface area contributed by atoms with Crippen molar-refractivity contribution in [1.82, 2.24) is 4.90 Å². The Balaban J connectivity index is 2.61. The lowest BCUT2D eigenvalue weighted by Crippen LogP contribution is -2.51. The quantitative estimate of drug-likeness (QED) is 0.266. The Bertz CT molecular complexity index is 208. The maximum absolute atomic E-state index is 8.51. The molecule has 1 aliphatic heterocycles. The van der Waals surface area contributed by atoms with E-state index in [1.165, 1.54) is 0 Å². The molecule has 0 aromatic heterocycles. The van der Waals surface area contributed by atoms with Crippen LogP contribution in [0.1, 0.15) is 19.8 Å².